The molecule has 1 aliphatic carbocycles. The predicted molar refractivity (Wildman–Crippen MR) is 127 cm³/mol. The largest absolute Gasteiger partial charge is 0.393 e. The van der Waals surface area contributed by atoms with Crippen molar-refractivity contribution < 1.29 is 19.2 Å². The maximum Gasteiger partial charge on any atom is 0.294 e. The molecule has 5 rings (SSSR count). The highest BCUT2D eigenvalue weighted by Crippen LogP contribution is 2.33. The minimum absolute atomic E-state index is 0.179. The summed E-state index contributed by atoms with van der Waals surface area (Å²) in [6.45, 7) is 1.43. The van der Waals surface area contributed by atoms with Crippen LogP contribution in [-0.2, 0) is 4.79 Å². The van der Waals surface area contributed by atoms with Gasteiger partial charge in [-0.05, 0) is 61.4 Å². The van der Waals surface area contributed by atoms with E-state index in [1.807, 2.05) is 36.4 Å². The number of anilines is 1. The van der Waals surface area contributed by atoms with Crippen LogP contribution in [0.25, 0.3) is 10.9 Å². The normalized spacial score (nSPS) is 17.3. The van der Waals surface area contributed by atoms with Crippen LogP contribution >= 0.6 is 0 Å². The topological polar surface area (TPSA) is 95.7 Å². The lowest BCUT2D eigenvalue weighted by atomic mass is 9.84. The van der Waals surface area contributed by atoms with E-state index in [4.69, 9.17) is 9.63 Å². The van der Waals surface area contributed by atoms with Gasteiger partial charge in [-0.2, -0.15) is 0 Å². The van der Waals surface area contributed by atoms with Gasteiger partial charge < -0.3 is 19.8 Å². The Labute approximate surface area is 193 Å². The van der Waals surface area contributed by atoms with Gasteiger partial charge >= 0.3 is 0 Å². The highest BCUT2D eigenvalue weighted by Gasteiger charge is 2.18. The van der Waals surface area contributed by atoms with E-state index in [1.54, 1.807) is 4.90 Å². The van der Waals surface area contributed by atoms with Crippen molar-refractivity contribution in [1.29, 1.82) is 0 Å². The van der Waals surface area contributed by atoms with Crippen molar-refractivity contribution in [2.75, 3.05) is 18.4 Å². The van der Waals surface area contributed by atoms with E-state index in [0.29, 0.717) is 24.5 Å². The molecule has 1 saturated heterocycles. The van der Waals surface area contributed by atoms with Crippen LogP contribution in [0.2, 0.25) is 0 Å². The lowest BCUT2D eigenvalue weighted by molar-refractivity contribution is -0.119. The number of hydrogen-bond donors (Lipinski definition) is 2. The molecule has 2 N–H and O–H groups in total. The van der Waals surface area contributed by atoms with Gasteiger partial charge in [-0.15, -0.1) is 0 Å². The number of nitrogens with one attached hydrogen (secondary N) is 1. The number of nitrogens with zero attached hydrogens (tertiary/aromatic N) is 2. The molecule has 2 heterocycles. The molecule has 1 aromatic heterocycles. The summed E-state index contributed by atoms with van der Waals surface area (Å²) in [6.07, 6.45) is 8.68. The van der Waals surface area contributed by atoms with E-state index in [-0.39, 0.29) is 17.8 Å². The van der Waals surface area contributed by atoms with Gasteiger partial charge in [0.15, 0.2) is 0 Å². The molecule has 1 aliphatic heterocycles. The maximum absolute atomic E-state index is 12.4. The molecule has 0 spiro atoms. The van der Waals surface area contributed by atoms with Crippen molar-refractivity contribution in [3.8, 4) is 0 Å². The Morgan fingerprint density at radius 3 is 2.39 bits per heavy atom. The molecule has 0 unspecified atom stereocenters. The molecular formula is C26H31N3O4. The smallest absolute Gasteiger partial charge is 0.294 e. The van der Waals surface area contributed by atoms with Crippen molar-refractivity contribution in [3.05, 3.63) is 59.9 Å². The van der Waals surface area contributed by atoms with Crippen LogP contribution in [-0.4, -0.2) is 46.7 Å². The average molecular weight is 450 g/mol. The van der Waals surface area contributed by atoms with Crippen molar-refractivity contribution in [2.45, 2.75) is 57.0 Å². The Kier molecular flexibility index (Phi) is 7.73. The number of carbonyl (C=O) groups excluding carboxylic acids is 2. The number of aliphatic hydroxyl groups excluding tert-OH is 1. The van der Waals surface area contributed by atoms with Crippen LogP contribution < -0.4 is 5.32 Å². The average Bonchev–Trinajstić information content (AvgIpc) is 3.30. The Balaban J connectivity index is 0.000000243. The SMILES string of the molecule is O=C(Nc1ccc(C2CCCCC2)cc1)c1onc2ccccc12.O=CN1CCC(O)CC1. The first kappa shape index (κ1) is 23.0. The number of rotatable bonds is 4. The first-order chi connectivity index (χ1) is 16.1. The van der Waals surface area contributed by atoms with Gasteiger partial charge in [0.25, 0.3) is 5.91 Å². The number of aromatic nitrogens is 1. The third-order valence-corrected chi connectivity index (χ3v) is 6.48. The van der Waals surface area contributed by atoms with Gasteiger partial charge in [0.05, 0.1) is 11.5 Å². The molecule has 2 aromatic carbocycles. The van der Waals surface area contributed by atoms with E-state index in [1.165, 1.54) is 37.7 Å². The number of fused-ring (bicyclic) bond motifs is 1. The number of piperidine rings is 1. The van der Waals surface area contributed by atoms with Crippen LogP contribution in [0.15, 0.2) is 53.1 Å². The first-order valence-corrected chi connectivity index (χ1v) is 11.8. The fraction of sp³-hybridized carbons (Fsp3) is 0.423. The number of amides is 2. The van der Waals surface area contributed by atoms with E-state index in [0.717, 1.165) is 30.3 Å². The van der Waals surface area contributed by atoms with Crippen molar-refractivity contribution in [3.63, 3.8) is 0 Å². The van der Waals surface area contributed by atoms with Crippen LogP contribution in [0.4, 0.5) is 5.69 Å². The maximum atomic E-state index is 12.4. The summed E-state index contributed by atoms with van der Waals surface area (Å²) >= 11 is 0. The van der Waals surface area contributed by atoms with Crippen molar-refractivity contribution in [1.82, 2.24) is 10.1 Å². The summed E-state index contributed by atoms with van der Waals surface area (Å²) in [7, 11) is 0. The number of benzene rings is 2. The minimum atomic E-state index is -0.269. The number of carbonyl (C=O) groups is 2. The summed E-state index contributed by atoms with van der Waals surface area (Å²) < 4.78 is 5.21. The van der Waals surface area contributed by atoms with E-state index in [2.05, 4.69) is 22.6 Å². The Hall–Kier alpha value is -3.19. The fourth-order valence-electron chi connectivity index (χ4n) is 4.51. The van der Waals surface area contributed by atoms with Crippen LogP contribution in [0.1, 0.15) is 67.0 Å². The van der Waals surface area contributed by atoms with Gasteiger partial charge in [0.1, 0.15) is 5.52 Å². The zero-order valence-electron chi connectivity index (χ0n) is 18.8. The quantitative estimate of drug-likeness (QED) is 0.562. The highest BCUT2D eigenvalue weighted by molar-refractivity contribution is 6.10. The number of aliphatic hydroxyl groups is 1. The molecule has 0 radical (unpaired) electrons. The first-order valence-electron chi connectivity index (χ1n) is 11.8. The van der Waals surface area contributed by atoms with Gasteiger partial charge in [0.2, 0.25) is 12.2 Å². The number of hydrogen-bond acceptors (Lipinski definition) is 5. The molecule has 33 heavy (non-hydrogen) atoms. The summed E-state index contributed by atoms with van der Waals surface area (Å²) in [4.78, 5) is 24.2. The summed E-state index contributed by atoms with van der Waals surface area (Å²) in [5, 5.41) is 16.5. The molecule has 1 saturated carbocycles. The second kappa shape index (κ2) is 11.1. The lowest BCUT2D eigenvalue weighted by Gasteiger charge is -2.25. The van der Waals surface area contributed by atoms with Gasteiger partial charge in [-0.25, -0.2) is 0 Å². The molecular weight excluding hydrogens is 418 g/mol. The summed E-state index contributed by atoms with van der Waals surface area (Å²) in [6, 6.07) is 15.6. The van der Waals surface area contributed by atoms with Crippen LogP contribution in [0.5, 0.6) is 0 Å². The highest BCUT2D eigenvalue weighted by atomic mass is 16.5. The second-order valence-electron chi connectivity index (χ2n) is 8.81. The van der Waals surface area contributed by atoms with Crippen molar-refractivity contribution >= 4 is 28.9 Å². The van der Waals surface area contributed by atoms with Gasteiger partial charge in [-0.3, -0.25) is 9.59 Å². The molecule has 3 aromatic rings. The zero-order chi connectivity index (χ0) is 23.0. The Bertz CT molecular complexity index is 1050. The molecule has 0 atom stereocenters. The summed E-state index contributed by atoms with van der Waals surface area (Å²) in [5.74, 6) is 0.651. The fourth-order valence-corrected chi connectivity index (χ4v) is 4.51. The Morgan fingerprint density at radius 1 is 1.00 bits per heavy atom. The molecule has 7 nitrogen and oxygen atoms in total. The number of likely N-dealkylation sites (tertiary alicyclic amines) is 1. The second-order valence-corrected chi connectivity index (χ2v) is 8.81. The zero-order valence-corrected chi connectivity index (χ0v) is 18.8. The van der Waals surface area contributed by atoms with E-state index in [9.17, 15) is 9.59 Å². The minimum Gasteiger partial charge on any atom is -0.393 e. The standard InChI is InChI=1S/C20H20N2O2.C6H11NO2/c23-20(19-17-8-4-5-9-18(17)22-24-19)21-16-12-10-15(11-13-16)14-6-2-1-3-7-14;8-5-7-3-1-6(9)2-4-7/h4-5,8-14H,1-3,6-7H2,(H,21,23);5-6,9H,1-4H2. The van der Waals surface area contributed by atoms with Gasteiger partial charge in [0, 0.05) is 18.8 Å². The molecule has 7 heteroatoms. The lowest BCUT2D eigenvalue weighted by Crippen LogP contribution is -2.34. The molecule has 174 valence electrons. The van der Waals surface area contributed by atoms with Crippen molar-refractivity contribution in [2.24, 2.45) is 0 Å². The molecule has 2 aliphatic rings. The molecule has 0 bridgehead atoms. The molecule has 2 fully saturated rings. The van der Waals surface area contributed by atoms with Crippen LogP contribution in [0, 0.1) is 0 Å². The third kappa shape index (κ3) is 5.99. The van der Waals surface area contributed by atoms with E-state index >= 15 is 0 Å². The molecule has 2 amide bonds. The Morgan fingerprint density at radius 2 is 1.70 bits per heavy atom. The third-order valence-electron chi connectivity index (χ3n) is 6.48. The van der Waals surface area contributed by atoms with E-state index < -0.39 is 0 Å². The van der Waals surface area contributed by atoms with Gasteiger partial charge in [-0.1, -0.05) is 48.7 Å². The summed E-state index contributed by atoms with van der Waals surface area (Å²) in [5.41, 5.74) is 2.84. The predicted octanol–water partition coefficient (Wildman–Crippen LogP) is 4.73. The monoisotopic (exact) mass is 449 g/mol. The van der Waals surface area contributed by atoms with Crippen LogP contribution in [0.3, 0.4) is 0 Å².